The molecule has 0 radical (unpaired) electrons. The number of rotatable bonds is 15. The molecule has 3 saturated heterocycles. The monoisotopic (exact) mass is 642 g/mol. The summed E-state index contributed by atoms with van der Waals surface area (Å²) in [6.07, 6.45) is 4.79. The molecule has 0 aliphatic carbocycles. The van der Waals surface area contributed by atoms with Crippen LogP contribution in [0, 0.1) is 11.8 Å². The molecule has 2 aromatic carbocycles. The van der Waals surface area contributed by atoms with Gasteiger partial charge in [-0.1, -0.05) is 29.5 Å². The van der Waals surface area contributed by atoms with Crippen molar-refractivity contribution in [3.8, 4) is 5.75 Å². The maximum atomic E-state index is 14.7. The lowest BCUT2D eigenvalue weighted by Gasteiger charge is -2.37. The molecule has 3 aliphatic rings. The van der Waals surface area contributed by atoms with Crippen molar-refractivity contribution in [3.63, 3.8) is 0 Å². The van der Waals surface area contributed by atoms with Crippen LogP contribution in [0.4, 0.5) is 5.69 Å². The zero-order valence-corrected chi connectivity index (χ0v) is 26.7. The van der Waals surface area contributed by atoms with Gasteiger partial charge in [0.05, 0.1) is 30.1 Å². The van der Waals surface area contributed by atoms with E-state index in [0.717, 1.165) is 5.52 Å². The van der Waals surface area contributed by atoms with E-state index < -0.39 is 29.6 Å². The second-order valence-corrected chi connectivity index (χ2v) is 12.3. The molecule has 6 rings (SSSR count). The van der Waals surface area contributed by atoms with Crippen LogP contribution in [0.1, 0.15) is 32.6 Å². The summed E-state index contributed by atoms with van der Waals surface area (Å²) in [5.41, 5.74) is 0.966. The van der Waals surface area contributed by atoms with Gasteiger partial charge in [0.25, 0.3) is 0 Å². The highest BCUT2D eigenvalue weighted by molar-refractivity contribution is 6.03. The fourth-order valence-corrected chi connectivity index (χ4v) is 7.60. The number of unbranched alkanes of at least 4 members (excludes halogenated alkanes) is 1. The third-order valence-corrected chi connectivity index (χ3v) is 9.55. The third-order valence-electron chi connectivity index (χ3n) is 9.55. The van der Waals surface area contributed by atoms with Crippen LogP contribution in [0.3, 0.4) is 0 Å². The SMILES string of the molecule is C=CCN(Cn1nnc2ccccc21)C(=O)C1N(CCCCO)C(=O)[C@@H]2[C@H](C(=O)N(CC=C)c3ccc(OCC)cc3)[C@@H]3CCC12O3. The van der Waals surface area contributed by atoms with Gasteiger partial charge in [-0.3, -0.25) is 14.4 Å². The van der Waals surface area contributed by atoms with Crippen molar-refractivity contribution in [2.75, 3.05) is 37.7 Å². The van der Waals surface area contributed by atoms with E-state index in [0.29, 0.717) is 49.2 Å². The number of carbonyl (C=O) groups is 3. The quantitative estimate of drug-likeness (QED) is 0.198. The lowest BCUT2D eigenvalue weighted by atomic mass is 9.70. The predicted molar refractivity (Wildman–Crippen MR) is 175 cm³/mol. The number of aromatic nitrogens is 3. The number of aliphatic hydroxyl groups excluding tert-OH is 1. The predicted octanol–water partition coefficient (Wildman–Crippen LogP) is 3.17. The Morgan fingerprint density at radius 3 is 2.60 bits per heavy atom. The highest BCUT2D eigenvalue weighted by Crippen LogP contribution is 2.59. The van der Waals surface area contributed by atoms with Gasteiger partial charge in [0, 0.05) is 31.9 Å². The Kier molecular flexibility index (Phi) is 9.42. The molecule has 3 aliphatic heterocycles. The first kappa shape index (κ1) is 32.4. The Labute approximate surface area is 274 Å². The topological polar surface area (TPSA) is 130 Å². The molecule has 1 spiro atoms. The highest BCUT2D eigenvalue weighted by atomic mass is 16.5. The third kappa shape index (κ3) is 5.69. The Morgan fingerprint density at radius 2 is 1.87 bits per heavy atom. The zero-order valence-electron chi connectivity index (χ0n) is 26.7. The molecule has 4 heterocycles. The smallest absolute Gasteiger partial charge is 0.250 e. The summed E-state index contributed by atoms with van der Waals surface area (Å²) < 4.78 is 13.9. The molecular weight excluding hydrogens is 600 g/mol. The fraction of sp³-hybridized carbons (Fsp3) is 0.457. The van der Waals surface area contributed by atoms with Crippen LogP contribution in [0.15, 0.2) is 73.8 Å². The molecule has 3 aromatic rings. The van der Waals surface area contributed by atoms with Gasteiger partial charge < -0.3 is 29.3 Å². The normalized spacial score (nSPS) is 24.4. The minimum absolute atomic E-state index is 0.0323. The molecule has 5 atom stereocenters. The fourth-order valence-electron chi connectivity index (χ4n) is 7.60. The Balaban J connectivity index is 1.34. The number of nitrogens with zero attached hydrogens (tertiary/aromatic N) is 6. The number of anilines is 1. The number of para-hydroxylation sites is 1. The number of benzene rings is 2. The van der Waals surface area contributed by atoms with Crippen molar-refractivity contribution < 1.29 is 29.0 Å². The molecule has 3 fully saturated rings. The van der Waals surface area contributed by atoms with Gasteiger partial charge in [-0.05, 0) is 69.0 Å². The number of hydrogen-bond acceptors (Lipinski definition) is 8. The minimum Gasteiger partial charge on any atom is -0.494 e. The molecule has 248 valence electrons. The number of carbonyl (C=O) groups excluding carboxylic acids is 3. The van der Waals surface area contributed by atoms with Crippen molar-refractivity contribution in [2.45, 2.75) is 57.0 Å². The maximum Gasteiger partial charge on any atom is 0.250 e. The first-order valence-corrected chi connectivity index (χ1v) is 16.3. The maximum absolute atomic E-state index is 14.7. The van der Waals surface area contributed by atoms with Crippen molar-refractivity contribution in [2.24, 2.45) is 11.8 Å². The molecule has 12 heteroatoms. The van der Waals surface area contributed by atoms with Gasteiger partial charge in [-0.2, -0.15) is 0 Å². The van der Waals surface area contributed by atoms with Crippen LogP contribution in [0.2, 0.25) is 0 Å². The van der Waals surface area contributed by atoms with E-state index in [4.69, 9.17) is 9.47 Å². The van der Waals surface area contributed by atoms with E-state index in [1.54, 1.807) is 31.5 Å². The van der Waals surface area contributed by atoms with Crippen molar-refractivity contribution in [1.29, 1.82) is 0 Å². The first-order chi connectivity index (χ1) is 22.9. The van der Waals surface area contributed by atoms with Gasteiger partial charge in [0.1, 0.15) is 29.6 Å². The highest BCUT2D eigenvalue weighted by Gasteiger charge is 2.74. The van der Waals surface area contributed by atoms with Crippen molar-refractivity contribution in [1.82, 2.24) is 24.8 Å². The van der Waals surface area contributed by atoms with Crippen LogP contribution in [0.25, 0.3) is 11.0 Å². The molecule has 3 amide bonds. The van der Waals surface area contributed by atoms with Crippen LogP contribution in [-0.4, -0.2) is 98.2 Å². The van der Waals surface area contributed by atoms with Crippen LogP contribution >= 0.6 is 0 Å². The summed E-state index contributed by atoms with van der Waals surface area (Å²) in [4.78, 5) is 48.5. The number of ether oxygens (including phenoxy) is 2. The number of likely N-dealkylation sites (tertiary alicyclic amines) is 1. The second-order valence-electron chi connectivity index (χ2n) is 12.3. The molecule has 2 bridgehead atoms. The van der Waals surface area contributed by atoms with E-state index in [1.807, 2.05) is 55.5 Å². The van der Waals surface area contributed by atoms with Gasteiger partial charge in [-0.15, -0.1) is 18.3 Å². The number of fused-ring (bicyclic) bond motifs is 2. The van der Waals surface area contributed by atoms with E-state index in [1.165, 1.54) is 0 Å². The summed E-state index contributed by atoms with van der Waals surface area (Å²) >= 11 is 0. The molecule has 47 heavy (non-hydrogen) atoms. The van der Waals surface area contributed by atoms with Gasteiger partial charge >= 0.3 is 0 Å². The second kappa shape index (κ2) is 13.7. The van der Waals surface area contributed by atoms with Crippen LogP contribution in [-0.2, 0) is 25.8 Å². The average Bonchev–Trinajstić information content (AvgIpc) is 3.83. The molecule has 12 nitrogen and oxygen atoms in total. The Bertz CT molecular complexity index is 1640. The number of amides is 3. The van der Waals surface area contributed by atoms with Gasteiger partial charge in [0.2, 0.25) is 17.7 Å². The average molecular weight is 643 g/mol. The van der Waals surface area contributed by atoms with E-state index >= 15 is 0 Å². The lowest BCUT2D eigenvalue weighted by molar-refractivity contribution is -0.149. The zero-order chi connectivity index (χ0) is 33.1. The summed E-state index contributed by atoms with van der Waals surface area (Å²) in [5, 5.41) is 18.0. The molecule has 0 saturated carbocycles. The Morgan fingerprint density at radius 1 is 1.11 bits per heavy atom. The largest absolute Gasteiger partial charge is 0.494 e. The standard InChI is InChI=1S/C35H42N6O6/c1-4-19-38(23-41-27-12-8-7-11-26(27)36-37-41)34(45)31-35-18-17-28(47-35)29(30(35)33(44)40(31)21-9-10-22-42)32(43)39(20-5-2)24-13-15-25(16-14-24)46-6-3/h4-5,7-8,11-16,28-31,42H,1-2,6,9-10,17-23H2,3H3/t28-,29+,30-,31?,35?/m0/s1. The Hall–Kier alpha value is -4.55. The summed E-state index contributed by atoms with van der Waals surface area (Å²) in [5.74, 6) is -1.71. The van der Waals surface area contributed by atoms with E-state index in [2.05, 4.69) is 23.5 Å². The summed E-state index contributed by atoms with van der Waals surface area (Å²) in [6, 6.07) is 13.8. The molecule has 1 N–H and O–H groups in total. The molecular formula is C35H42N6O6. The van der Waals surface area contributed by atoms with Crippen molar-refractivity contribution >= 4 is 34.4 Å². The lowest BCUT2D eigenvalue weighted by Crippen LogP contribution is -2.56. The van der Waals surface area contributed by atoms with Gasteiger partial charge in [0.15, 0.2) is 0 Å². The van der Waals surface area contributed by atoms with Crippen molar-refractivity contribution in [3.05, 3.63) is 73.8 Å². The molecule has 2 unspecified atom stereocenters. The van der Waals surface area contributed by atoms with E-state index in [9.17, 15) is 19.5 Å². The first-order valence-electron chi connectivity index (χ1n) is 16.3. The number of hydrogen-bond donors (Lipinski definition) is 1. The van der Waals surface area contributed by atoms with Crippen LogP contribution < -0.4 is 9.64 Å². The summed E-state index contributed by atoms with van der Waals surface area (Å²) in [6.45, 7) is 10.9. The minimum atomic E-state index is -1.17. The van der Waals surface area contributed by atoms with Crippen LogP contribution in [0.5, 0.6) is 5.75 Å². The molecule has 1 aromatic heterocycles. The van der Waals surface area contributed by atoms with Gasteiger partial charge in [-0.25, -0.2) is 4.68 Å². The van der Waals surface area contributed by atoms with E-state index in [-0.39, 0.29) is 50.6 Å². The summed E-state index contributed by atoms with van der Waals surface area (Å²) in [7, 11) is 0. The number of aliphatic hydroxyl groups is 1.